The standard InChI is InChI=1S/C6H7F3N4/c7-6(8,9)5-1-2-13(12-5)4-11-3-10/h1-3H,4H2,(H2,10,11). The van der Waals surface area contributed by atoms with Gasteiger partial charge in [-0.1, -0.05) is 0 Å². The first kappa shape index (κ1) is 9.56. The summed E-state index contributed by atoms with van der Waals surface area (Å²) in [6, 6.07) is 0.881. The average Bonchev–Trinajstić information content (AvgIpc) is 2.47. The Labute approximate surface area is 71.9 Å². The summed E-state index contributed by atoms with van der Waals surface area (Å²) in [6.45, 7) is -0.00736. The molecule has 0 radical (unpaired) electrons. The van der Waals surface area contributed by atoms with Crippen LogP contribution in [0.25, 0.3) is 0 Å². The lowest BCUT2D eigenvalue weighted by molar-refractivity contribution is -0.141. The zero-order chi connectivity index (χ0) is 9.90. The van der Waals surface area contributed by atoms with E-state index in [4.69, 9.17) is 5.73 Å². The molecule has 72 valence electrons. The molecule has 0 amide bonds. The Balaban J connectivity index is 2.75. The molecule has 13 heavy (non-hydrogen) atoms. The van der Waals surface area contributed by atoms with E-state index in [-0.39, 0.29) is 6.67 Å². The maximum atomic E-state index is 12.0. The van der Waals surface area contributed by atoms with Crippen molar-refractivity contribution in [2.24, 2.45) is 10.7 Å². The molecule has 0 saturated heterocycles. The molecule has 0 aliphatic heterocycles. The molecule has 7 heteroatoms. The molecule has 1 aromatic rings. The first-order valence-electron chi connectivity index (χ1n) is 3.34. The van der Waals surface area contributed by atoms with Crippen LogP contribution in [0.1, 0.15) is 5.69 Å². The number of nitrogens with zero attached hydrogens (tertiary/aromatic N) is 3. The minimum atomic E-state index is -4.41. The smallest absolute Gasteiger partial charge is 0.390 e. The summed E-state index contributed by atoms with van der Waals surface area (Å²) in [7, 11) is 0. The molecule has 0 unspecified atom stereocenters. The largest absolute Gasteiger partial charge is 0.435 e. The van der Waals surface area contributed by atoms with Crippen molar-refractivity contribution in [3.05, 3.63) is 18.0 Å². The second-order valence-corrected chi connectivity index (χ2v) is 2.21. The van der Waals surface area contributed by atoms with E-state index in [1.807, 2.05) is 0 Å². The van der Waals surface area contributed by atoms with Gasteiger partial charge in [0.1, 0.15) is 6.67 Å². The van der Waals surface area contributed by atoms with Crippen molar-refractivity contribution in [3.8, 4) is 0 Å². The Hall–Kier alpha value is -1.53. The average molecular weight is 192 g/mol. The summed E-state index contributed by atoms with van der Waals surface area (Å²) in [6.07, 6.45) is -2.21. The van der Waals surface area contributed by atoms with Gasteiger partial charge in [0, 0.05) is 6.20 Å². The van der Waals surface area contributed by atoms with Crippen LogP contribution in [0.3, 0.4) is 0 Å². The summed E-state index contributed by atoms with van der Waals surface area (Å²) in [5.41, 5.74) is 3.98. The van der Waals surface area contributed by atoms with Gasteiger partial charge in [0.2, 0.25) is 0 Å². The van der Waals surface area contributed by atoms with Crippen molar-refractivity contribution < 1.29 is 13.2 Å². The van der Waals surface area contributed by atoms with Crippen LogP contribution in [0.5, 0.6) is 0 Å². The maximum Gasteiger partial charge on any atom is 0.435 e. The number of hydrogen-bond donors (Lipinski definition) is 1. The topological polar surface area (TPSA) is 56.2 Å². The van der Waals surface area contributed by atoms with Crippen molar-refractivity contribution in [2.45, 2.75) is 12.8 Å². The quantitative estimate of drug-likeness (QED) is 0.557. The van der Waals surface area contributed by atoms with Crippen LogP contribution in [0.4, 0.5) is 13.2 Å². The highest BCUT2D eigenvalue weighted by Crippen LogP contribution is 2.27. The Morgan fingerprint density at radius 2 is 2.31 bits per heavy atom. The molecule has 1 rings (SSSR count). The summed E-state index contributed by atoms with van der Waals surface area (Å²) < 4.78 is 37.0. The van der Waals surface area contributed by atoms with Gasteiger partial charge in [-0.25, -0.2) is 0 Å². The molecule has 1 heterocycles. The number of nitrogens with two attached hydrogens (primary N) is 1. The van der Waals surface area contributed by atoms with E-state index in [9.17, 15) is 13.2 Å². The van der Waals surface area contributed by atoms with Gasteiger partial charge in [-0.3, -0.25) is 9.67 Å². The van der Waals surface area contributed by atoms with Crippen LogP contribution in [0.2, 0.25) is 0 Å². The highest BCUT2D eigenvalue weighted by atomic mass is 19.4. The van der Waals surface area contributed by atoms with Crippen LogP contribution in [-0.4, -0.2) is 16.1 Å². The molecule has 0 fully saturated rings. The van der Waals surface area contributed by atoms with Gasteiger partial charge in [-0.15, -0.1) is 0 Å². The lowest BCUT2D eigenvalue weighted by Gasteiger charge is -2.00. The molecule has 0 spiro atoms. The fraction of sp³-hybridized carbons (Fsp3) is 0.333. The van der Waals surface area contributed by atoms with Gasteiger partial charge in [-0.05, 0) is 6.07 Å². The summed E-state index contributed by atoms with van der Waals surface area (Å²) in [5.74, 6) is 0. The zero-order valence-corrected chi connectivity index (χ0v) is 6.49. The fourth-order valence-electron chi connectivity index (χ4n) is 0.722. The van der Waals surface area contributed by atoms with Crippen LogP contribution >= 0.6 is 0 Å². The summed E-state index contributed by atoms with van der Waals surface area (Å²) >= 11 is 0. The Morgan fingerprint density at radius 3 is 2.77 bits per heavy atom. The fourth-order valence-corrected chi connectivity index (χ4v) is 0.722. The van der Waals surface area contributed by atoms with Crippen molar-refractivity contribution in [1.29, 1.82) is 0 Å². The highest BCUT2D eigenvalue weighted by Gasteiger charge is 2.33. The first-order chi connectivity index (χ1) is 6.04. The molecule has 0 aliphatic carbocycles. The molecule has 0 atom stereocenters. The van der Waals surface area contributed by atoms with Crippen LogP contribution in [-0.2, 0) is 12.8 Å². The van der Waals surface area contributed by atoms with Crippen LogP contribution < -0.4 is 5.73 Å². The number of hydrogen-bond acceptors (Lipinski definition) is 2. The van der Waals surface area contributed by atoms with Gasteiger partial charge in [0.25, 0.3) is 0 Å². The molecule has 1 aromatic heterocycles. The van der Waals surface area contributed by atoms with Crippen molar-refractivity contribution in [3.63, 3.8) is 0 Å². The number of aromatic nitrogens is 2. The van der Waals surface area contributed by atoms with E-state index >= 15 is 0 Å². The van der Waals surface area contributed by atoms with Crippen molar-refractivity contribution >= 4 is 6.34 Å². The van der Waals surface area contributed by atoms with E-state index < -0.39 is 11.9 Å². The van der Waals surface area contributed by atoms with Crippen LogP contribution in [0, 0.1) is 0 Å². The molecule has 0 aliphatic rings. The zero-order valence-electron chi connectivity index (χ0n) is 6.49. The van der Waals surface area contributed by atoms with E-state index in [1.165, 1.54) is 6.20 Å². The Bertz CT molecular complexity index is 301. The van der Waals surface area contributed by atoms with Crippen molar-refractivity contribution in [1.82, 2.24) is 9.78 Å². The third-order valence-corrected chi connectivity index (χ3v) is 1.26. The molecule has 0 saturated carbocycles. The second kappa shape index (κ2) is 3.46. The lowest BCUT2D eigenvalue weighted by atomic mass is 10.4. The van der Waals surface area contributed by atoms with Gasteiger partial charge in [0.15, 0.2) is 5.69 Å². The molecular weight excluding hydrogens is 185 g/mol. The number of halogens is 3. The van der Waals surface area contributed by atoms with E-state index in [2.05, 4.69) is 10.1 Å². The Kier molecular flexibility index (Phi) is 2.54. The predicted octanol–water partition coefficient (Wildman–Crippen LogP) is 0.846. The first-order valence-corrected chi connectivity index (χ1v) is 3.34. The summed E-state index contributed by atoms with van der Waals surface area (Å²) in [5, 5.41) is 3.24. The number of rotatable bonds is 2. The minimum absolute atomic E-state index is 0.00736. The van der Waals surface area contributed by atoms with Crippen molar-refractivity contribution in [2.75, 3.05) is 0 Å². The van der Waals surface area contributed by atoms with E-state index in [1.54, 1.807) is 0 Å². The predicted molar refractivity (Wildman–Crippen MR) is 39.9 cm³/mol. The van der Waals surface area contributed by atoms with Gasteiger partial charge < -0.3 is 5.73 Å². The molecule has 4 nitrogen and oxygen atoms in total. The lowest BCUT2D eigenvalue weighted by Crippen LogP contribution is -2.07. The number of aliphatic imine (C=N–C) groups is 1. The third kappa shape index (κ3) is 2.46. The third-order valence-electron chi connectivity index (χ3n) is 1.26. The molecule has 0 bridgehead atoms. The highest BCUT2D eigenvalue weighted by molar-refractivity contribution is 5.50. The molecule has 0 aromatic carbocycles. The maximum absolute atomic E-state index is 12.0. The van der Waals surface area contributed by atoms with Gasteiger partial charge >= 0.3 is 6.18 Å². The second-order valence-electron chi connectivity index (χ2n) is 2.21. The molecule has 2 N–H and O–H groups in total. The normalized spacial score (nSPS) is 12.5. The monoisotopic (exact) mass is 192 g/mol. The summed E-state index contributed by atoms with van der Waals surface area (Å²) in [4.78, 5) is 3.52. The molecular formula is C6H7F3N4. The van der Waals surface area contributed by atoms with Gasteiger partial charge in [0.05, 0.1) is 6.34 Å². The van der Waals surface area contributed by atoms with Crippen LogP contribution in [0.15, 0.2) is 17.3 Å². The Morgan fingerprint density at radius 1 is 1.62 bits per heavy atom. The van der Waals surface area contributed by atoms with E-state index in [0.29, 0.717) is 0 Å². The number of alkyl halides is 3. The SMILES string of the molecule is NC=NCn1ccc(C(F)(F)F)n1. The van der Waals surface area contributed by atoms with E-state index in [0.717, 1.165) is 17.1 Å². The van der Waals surface area contributed by atoms with Gasteiger partial charge in [-0.2, -0.15) is 18.3 Å². The minimum Gasteiger partial charge on any atom is -0.390 e.